The van der Waals surface area contributed by atoms with Crippen LogP contribution in [-0.2, 0) is 4.79 Å². The maximum atomic E-state index is 11.3. The highest BCUT2D eigenvalue weighted by Gasteiger charge is 2.01. The Hall–Kier alpha value is -0.610. The van der Waals surface area contributed by atoms with E-state index in [2.05, 4.69) is 43.4 Å². The minimum absolute atomic E-state index is 0.0860. The van der Waals surface area contributed by atoms with Gasteiger partial charge >= 0.3 is 0 Å². The molecular weight excluding hydrogens is 190 g/mol. The minimum Gasteiger partial charge on any atom is -0.355 e. The number of likely N-dealkylation sites (N-methyl/N-ethyl adjacent to an activating group) is 1. The summed E-state index contributed by atoms with van der Waals surface area (Å²) in [6.07, 6.45) is 0. The Morgan fingerprint density at radius 2 is 2.07 bits per heavy atom. The second kappa shape index (κ2) is 8.68. The number of carbonyl (C=O) groups excluding carboxylic acids is 1. The highest BCUT2D eigenvalue weighted by atomic mass is 16.1. The molecule has 0 aliphatic heterocycles. The van der Waals surface area contributed by atoms with Gasteiger partial charge in [-0.15, -0.1) is 0 Å². The first-order chi connectivity index (χ1) is 7.06. The van der Waals surface area contributed by atoms with E-state index >= 15 is 0 Å². The van der Waals surface area contributed by atoms with Crippen LogP contribution in [0.5, 0.6) is 0 Å². The van der Waals surface area contributed by atoms with E-state index < -0.39 is 0 Å². The zero-order valence-corrected chi connectivity index (χ0v) is 10.5. The minimum atomic E-state index is 0.0860. The quantitative estimate of drug-likeness (QED) is 0.572. The lowest BCUT2D eigenvalue weighted by Gasteiger charge is -2.14. The number of nitrogens with zero attached hydrogens (tertiary/aromatic N) is 1. The van der Waals surface area contributed by atoms with Crippen LogP contribution in [0.2, 0.25) is 0 Å². The molecule has 0 aromatic heterocycles. The topological polar surface area (TPSA) is 44.4 Å². The zero-order valence-electron chi connectivity index (χ0n) is 10.5. The van der Waals surface area contributed by atoms with Gasteiger partial charge in [0.15, 0.2) is 0 Å². The van der Waals surface area contributed by atoms with E-state index in [1.165, 1.54) is 0 Å². The van der Waals surface area contributed by atoms with Gasteiger partial charge in [-0.05, 0) is 19.5 Å². The van der Waals surface area contributed by atoms with Gasteiger partial charge in [-0.2, -0.15) is 0 Å². The van der Waals surface area contributed by atoms with Crippen LogP contribution in [0.1, 0.15) is 20.8 Å². The molecule has 0 saturated heterocycles. The predicted octanol–water partition coefficient (Wildman–Crippen LogP) is 0.300. The Kier molecular flexibility index (Phi) is 8.33. The maximum Gasteiger partial charge on any atom is 0.233 e. The van der Waals surface area contributed by atoms with E-state index in [9.17, 15) is 4.79 Å². The second-order valence-corrected chi connectivity index (χ2v) is 4.27. The van der Waals surface area contributed by atoms with Crippen LogP contribution in [0.15, 0.2) is 0 Å². The number of hydrogen-bond donors (Lipinski definition) is 2. The van der Waals surface area contributed by atoms with Crippen molar-refractivity contribution < 1.29 is 4.79 Å². The molecule has 0 bridgehead atoms. The zero-order chi connectivity index (χ0) is 11.7. The van der Waals surface area contributed by atoms with Crippen molar-refractivity contribution in [2.45, 2.75) is 20.8 Å². The maximum absolute atomic E-state index is 11.3. The summed E-state index contributed by atoms with van der Waals surface area (Å²) in [6, 6.07) is 0. The molecule has 0 spiro atoms. The Labute approximate surface area is 93.4 Å². The molecule has 2 N–H and O–H groups in total. The van der Waals surface area contributed by atoms with Gasteiger partial charge in [0, 0.05) is 19.6 Å². The highest BCUT2D eigenvalue weighted by Crippen LogP contribution is 1.86. The first kappa shape index (κ1) is 14.4. The second-order valence-electron chi connectivity index (χ2n) is 4.27. The fraction of sp³-hybridized carbons (Fsp3) is 0.909. The molecular formula is C11H25N3O. The van der Waals surface area contributed by atoms with Crippen molar-refractivity contribution in [3.05, 3.63) is 0 Å². The number of nitrogens with one attached hydrogen (secondary N) is 2. The average molecular weight is 215 g/mol. The van der Waals surface area contributed by atoms with E-state index in [1.807, 2.05) is 0 Å². The van der Waals surface area contributed by atoms with Crippen molar-refractivity contribution in [2.24, 2.45) is 5.92 Å². The molecule has 15 heavy (non-hydrogen) atoms. The van der Waals surface area contributed by atoms with Gasteiger partial charge < -0.3 is 15.5 Å². The van der Waals surface area contributed by atoms with Crippen LogP contribution in [-0.4, -0.2) is 50.6 Å². The van der Waals surface area contributed by atoms with E-state index in [4.69, 9.17) is 0 Å². The summed E-state index contributed by atoms with van der Waals surface area (Å²) in [5.41, 5.74) is 0. The van der Waals surface area contributed by atoms with Crippen LogP contribution in [0.4, 0.5) is 0 Å². The summed E-state index contributed by atoms with van der Waals surface area (Å²) in [4.78, 5) is 13.5. The van der Waals surface area contributed by atoms with Gasteiger partial charge in [-0.25, -0.2) is 0 Å². The van der Waals surface area contributed by atoms with Gasteiger partial charge in [0.2, 0.25) is 5.91 Å². The first-order valence-electron chi connectivity index (χ1n) is 5.72. The van der Waals surface area contributed by atoms with Crippen LogP contribution in [0.3, 0.4) is 0 Å². The smallest absolute Gasteiger partial charge is 0.233 e. The summed E-state index contributed by atoms with van der Waals surface area (Å²) < 4.78 is 0. The van der Waals surface area contributed by atoms with Gasteiger partial charge in [0.05, 0.1) is 6.54 Å². The molecule has 0 saturated carbocycles. The molecule has 1 amide bonds. The lowest BCUT2D eigenvalue weighted by Crippen LogP contribution is -2.38. The fourth-order valence-corrected chi connectivity index (χ4v) is 1.01. The average Bonchev–Trinajstić information content (AvgIpc) is 2.21. The van der Waals surface area contributed by atoms with Crippen LogP contribution in [0, 0.1) is 5.92 Å². The largest absolute Gasteiger partial charge is 0.355 e. The third-order valence-corrected chi connectivity index (χ3v) is 2.20. The Balaban J connectivity index is 3.31. The Bertz CT molecular complexity index is 171. The monoisotopic (exact) mass is 215 g/mol. The summed E-state index contributed by atoms with van der Waals surface area (Å²) >= 11 is 0. The summed E-state index contributed by atoms with van der Waals surface area (Å²) in [5, 5.41) is 5.99. The Morgan fingerprint density at radius 3 is 2.60 bits per heavy atom. The number of amides is 1. The molecule has 0 aromatic carbocycles. The summed E-state index contributed by atoms with van der Waals surface area (Å²) in [6.45, 7) is 10.4. The van der Waals surface area contributed by atoms with Crippen LogP contribution < -0.4 is 10.6 Å². The summed E-state index contributed by atoms with van der Waals surface area (Å²) in [5.74, 6) is 0.600. The summed E-state index contributed by atoms with van der Waals surface area (Å²) in [7, 11) is 2.07. The van der Waals surface area contributed by atoms with Crippen molar-refractivity contribution >= 4 is 5.91 Å². The first-order valence-corrected chi connectivity index (χ1v) is 5.72. The number of carbonyl (C=O) groups is 1. The molecule has 0 aliphatic rings. The SMILES string of the molecule is CCN(C)CCNCC(=O)NCC(C)C. The normalized spacial score (nSPS) is 11.1. The molecule has 4 heteroatoms. The van der Waals surface area contributed by atoms with Gasteiger partial charge in [-0.1, -0.05) is 20.8 Å². The van der Waals surface area contributed by atoms with Gasteiger partial charge in [0.25, 0.3) is 0 Å². The van der Waals surface area contributed by atoms with E-state index in [0.717, 1.165) is 26.2 Å². The van der Waals surface area contributed by atoms with Crippen LogP contribution in [0.25, 0.3) is 0 Å². The van der Waals surface area contributed by atoms with Gasteiger partial charge in [0.1, 0.15) is 0 Å². The third kappa shape index (κ3) is 9.69. The van der Waals surface area contributed by atoms with E-state index in [-0.39, 0.29) is 5.91 Å². The third-order valence-electron chi connectivity index (χ3n) is 2.20. The van der Waals surface area contributed by atoms with Crippen molar-refractivity contribution in [3.8, 4) is 0 Å². The number of rotatable bonds is 8. The predicted molar refractivity (Wildman–Crippen MR) is 63.9 cm³/mol. The Morgan fingerprint density at radius 1 is 1.40 bits per heavy atom. The molecule has 0 radical (unpaired) electrons. The standard InChI is InChI=1S/C11H25N3O/c1-5-14(4)7-6-12-9-11(15)13-8-10(2)3/h10,12H,5-9H2,1-4H3,(H,13,15). The molecule has 0 unspecified atom stereocenters. The van der Waals surface area contributed by atoms with E-state index in [1.54, 1.807) is 0 Å². The van der Waals surface area contributed by atoms with Crippen molar-refractivity contribution in [1.82, 2.24) is 15.5 Å². The van der Waals surface area contributed by atoms with Crippen LogP contribution >= 0.6 is 0 Å². The molecule has 0 rings (SSSR count). The molecule has 0 atom stereocenters. The van der Waals surface area contributed by atoms with Crippen molar-refractivity contribution in [3.63, 3.8) is 0 Å². The molecule has 0 aliphatic carbocycles. The molecule has 0 aromatic rings. The van der Waals surface area contributed by atoms with Crippen molar-refractivity contribution in [1.29, 1.82) is 0 Å². The molecule has 90 valence electrons. The molecule has 4 nitrogen and oxygen atoms in total. The van der Waals surface area contributed by atoms with Gasteiger partial charge in [-0.3, -0.25) is 4.79 Å². The molecule has 0 heterocycles. The lowest BCUT2D eigenvalue weighted by atomic mass is 10.2. The number of hydrogen-bond acceptors (Lipinski definition) is 3. The lowest BCUT2D eigenvalue weighted by molar-refractivity contribution is -0.120. The fourth-order valence-electron chi connectivity index (χ4n) is 1.01. The van der Waals surface area contributed by atoms with E-state index in [0.29, 0.717) is 12.5 Å². The highest BCUT2D eigenvalue weighted by molar-refractivity contribution is 5.77. The molecule has 0 fully saturated rings. The van der Waals surface area contributed by atoms with Crippen molar-refractivity contribution in [2.75, 3.05) is 39.8 Å².